The van der Waals surface area contributed by atoms with Crippen LogP contribution in [0.4, 0.5) is 13.2 Å². The average Bonchev–Trinajstić information content (AvgIpc) is 3.05. The van der Waals surface area contributed by atoms with Crippen LogP contribution in [-0.2, 0) is 6.18 Å². The van der Waals surface area contributed by atoms with Crippen molar-refractivity contribution in [3.05, 3.63) is 70.0 Å². The number of rotatable bonds is 3. The largest absolute Gasteiger partial charge is 0.471 e. The highest BCUT2D eigenvalue weighted by molar-refractivity contribution is 5.54. The van der Waals surface area contributed by atoms with Crippen molar-refractivity contribution in [1.29, 1.82) is 0 Å². The zero-order valence-corrected chi connectivity index (χ0v) is 13.4. The summed E-state index contributed by atoms with van der Waals surface area (Å²) in [5.74, 6) is -1.52. The number of halogens is 3. The van der Waals surface area contributed by atoms with Crippen LogP contribution in [0.25, 0.3) is 11.4 Å². The predicted molar refractivity (Wildman–Crippen MR) is 84.0 cm³/mol. The molecule has 1 aromatic carbocycles. The standard InChI is InChI=1S/C17H14F3N3O2/c1-10-7-8-23(14(24)9-10)11(2)12-3-5-13(6-4-12)15-21-16(25-22-15)17(18,19)20/h3-9,11H,1-2H3. The predicted octanol–water partition coefficient (Wildman–Crippen LogP) is 3.83. The van der Waals surface area contributed by atoms with Crippen LogP contribution in [0, 0.1) is 6.92 Å². The molecule has 1 atom stereocenters. The minimum Gasteiger partial charge on any atom is -0.329 e. The highest BCUT2D eigenvalue weighted by atomic mass is 19.4. The van der Waals surface area contributed by atoms with E-state index in [1.807, 2.05) is 19.9 Å². The molecule has 0 saturated heterocycles. The van der Waals surface area contributed by atoms with E-state index in [1.165, 1.54) is 0 Å². The molecule has 0 bridgehead atoms. The van der Waals surface area contributed by atoms with Crippen LogP contribution < -0.4 is 5.56 Å². The zero-order valence-electron chi connectivity index (χ0n) is 13.4. The Balaban J connectivity index is 1.87. The molecule has 25 heavy (non-hydrogen) atoms. The Morgan fingerprint density at radius 2 is 1.84 bits per heavy atom. The summed E-state index contributed by atoms with van der Waals surface area (Å²) in [6.45, 7) is 3.70. The summed E-state index contributed by atoms with van der Waals surface area (Å²) in [5, 5.41) is 3.35. The molecule has 0 radical (unpaired) electrons. The van der Waals surface area contributed by atoms with Gasteiger partial charge in [-0.1, -0.05) is 29.4 Å². The van der Waals surface area contributed by atoms with Gasteiger partial charge in [0.15, 0.2) is 0 Å². The first-order valence-electron chi connectivity index (χ1n) is 7.46. The topological polar surface area (TPSA) is 60.9 Å². The lowest BCUT2D eigenvalue weighted by Crippen LogP contribution is -2.22. The van der Waals surface area contributed by atoms with E-state index in [9.17, 15) is 18.0 Å². The number of pyridine rings is 1. The van der Waals surface area contributed by atoms with Crippen LogP contribution in [0.2, 0.25) is 0 Å². The van der Waals surface area contributed by atoms with Gasteiger partial charge < -0.3 is 9.09 Å². The molecular formula is C17H14F3N3O2. The first kappa shape index (κ1) is 16.9. The van der Waals surface area contributed by atoms with Crippen LogP contribution in [-0.4, -0.2) is 14.7 Å². The van der Waals surface area contributed by atoms with Crippen LogP contribution >= 0.6 is 0 Å². The fourth-order valence-electron chi connectivity index (χ4n) is 2.44. The minimum absolute atomic E-state index is 0.121. The second-order valence-electron chi connectivity index (χ2n) is 5.67. The van der Waals surface area contributed by atoms with E-state index < -0.39 is 12.1 Å². The molecule has 2 heterocycles. The van der Waals surface area contributed by atoms with Crippen molar-refractivity contribution in [2.45, 2.75) is 26.1 Å². The first-order valence-corrected chi connectivity index (χ1v) is 7.46. The summed E-state index contributed by atoms with van der Waals surface area (Å²) >= 11 is 0. The second kappa shape index (κ2) is 6.19. The molecule has 2 aromatic heterocycles. The van der Waals surface area contributed by atoms with Gasteiger partial charge in [0.25, 0.3) is 5.56 Å². The Bertz CT molecular complexity index is 943. The van der Waals surface area contributed by atoms with E-state index >= 15 is 0 Å². The molecule has 0 saturated carbocycles. The van der Waals surface area contributed by atoms with E-state index in [0.717, 1.165) is 11.1 Å². The maximum Gasteiger partial charge on any atom is 0.471 e. The van der Waals surface area contributed by atoms with Gasteiger partial charge in [-0.05, 0) is 31.0 Å². The van der Waals surface area contributed by atoms with Gasteiger partial charge in [0, 0.05) is 17.8 Å². The van der Waals surface area contributed by atoms with E-state index in [4.69, 9.17) is 0 Å². The lowest BCUT2D eigenvalue weighted by atomic mass is 10.1. The van der Waals surface area contributed by atoms with Gasteiger partial charge in [-0.3, -0.25) is 4.79 Å². The maximum absolute atomic E-state index is 12.5. The van der Waals surface area contributed by atoms with Gasteiger partial charge in [0.05, 0.1) is 6.04 Å². The molecule has 8 heteroatoms. The summed E-state index contributed by atoms with van der Waals surface area (Å²) in [6, 6.07) is 9.78. The number of alkyl halides is 3. The third-order valence-electron chi connectivity index (χ3n) is 3.84. The van der Waals surface area contributed by atoms with E-state index in [1.54, 1.807) is 41.1 Å². The molecule has 0 aliphatic rings. The summed E-state index contributed by atoms with van der Waals surface area (Å²) in [7, 11) is 0. The third-order valence-corrected chi connectivity index (χ3v) is 3.84. The Kier molecular flexibility index (Phi) is 4.20. The molecule has 0 N–H and O–H groups in total. The van der Waals surface area contributed by atoms with Crippen molar-refractivity contribution in [1.82, 2.24) is 14.7 Å². The summed E-state index contributed by atoms with van der Waals surface area (Å²) in [6.07, 6.45) is -2.96. The molecule has 130 valence electrons. The van der Waals surface area contributed by atoms with Crippen LogP contribution in [0.3, 0.4) is 0 Å². The number of hydrogen-bond donors (Lipinski definition) is 0. The van der Waals surface area contributed by atoms with E-state index in [2.05, 4.69) is 14.7 Å². The molecule has 0 aliphatic heterocycles. The van der Waals surface area contributed by atoms with Crippen molar-refractivity contribution >= 4 is 0 Å². The van der Waals surface area contributed by atoms with Crippen molar-refractivity contribution < 1.29 is 17.7 Å². The Hall–Kier alpha value is -2.90. The van der Waals surface area contributed by atoms with E-state index in [-0.39, 0.29) is 17.4 Å². The molecule has 1 unspecified atom stereocenters. The minimum atomic E-state index is -4.67. The third kappa shape index (κ3) is 3.47. The van der Waals surface area contributed by atoms with Gasteiger partial charge in [-0.15, -0.1) is 0 Å². The molecule has 0 spiro atoms. The van der Waals surface area contributed by atoms with Crippen LogP contribution in [0.5, 0.6) is 0 Å². The number of aromatic nitrogens is 3. The highest BCUT2D eigenvalue weighted by Crippen LogP contribution is 2.29. The van der Waals surface area contributed by atoms with Gasteiger partial charge in [0.1, 0.15) is 0 Å². The van der Waals surface area contributed by atoms with Crippen molar-refractivity contribution in [2.24, 2.45) is 0 Å². The zero-order chi connectivity index (χ0) is 18.2. The van der Waals surface area contributed by atoms with Crippen molar-refractivity contribution in [2.75, 3.05) is 0 Å². The van der Waals surface area contributed by atoms with Crippen molar-refractivity contribution in [3.8, 4) is 11.4 Å². The monoisotopic (exact) mass is 349 g/mol. The Morgan fingerprint density at radius 1 is 1.16 bits per heavy atom. The molecule has 0 fully saturated rings. The first-order chi connectivity index (χ1) is 11.8. The molecule has 3 aromatic rings. The SMILES string of the molecule is Cc1ccn(C(C)c2ccc(-c3noc(C(F)(F)F)n3)cc2)c(=O)c1. The van der Waals surface area contributed by atoms with Gasteiger partial charge >= 0.3 is 12.1 Å². The number of aryl methyl sites for hydroxylation is 1. The van der Waals surface area contributed by atoms with Crippen molar-refractivity contribution in [3.63, 3.8) is 0 Å². The molecular weight excluding hydrogens is 335 g/mol. The highest BCUT2D eigenvalue weighted by Gasteiger charge is 2.38. The van der Waals surface area contributed by atoms with Crippen LogP contribution in [0.1, 0.15) is 30.0 Å². The summed E-state index contributed by atoms with van der Waals surface area (Å²) in [5.41, 5.74) is 1.98. The summed E-state index contributed by atoms with van der Waals surface area (Å²) in [4.78, 5) is 15.4. The fourth-order valence-corrected chi connectivity index (χ4v) is 2.44. The Labute approximate surface area is 140 Å². The molecule has 0 amide bonds. The summed E-state index contributed by atoms with van der Waals surface area (Å²) < 4.78 is 43.3. The average molecular weight is 349 g/mol. The fraction of sp³-hybridized carbons (Fsp3) is 0.235. The van der Waals surface area contributed by atoms with Crippen LogP contribution in [0.15, 0.2) is 51.9 Å². The second-order valence-corrected chi connectivity index (χ2v) is 5.67. The lowest BCUT2D eigenvalue weighted by Gasteiger charge is -2.16. The molecule has 5 nitrogen and oxygen atoms in total. The maximum atomic E-state index is 12.5. The Morgan fingerprint density at radius 3 is 2.40 bits per heavy atom. The number of hydrogen-bond acceptors (Lipinski definition) is 4. The van der Waals surface area contributed by atoms with Gasteiger partial charge in [-0.2, -0.15) is 18.2 Å². The smallest absolute Gasteiger partial charge is 0.329 e. The lowest BCUT2D eigenvalue weighted by molar-refractivity contribution is -0.159. The van der Waals surface area contributed by atoms with Gasteiger partial charge in [0.2, 0.25) is 5.82 Å². The van der Waals surface area contributed by atoms with E-state index in [0.29, 0.717) is 5.56 Å². The number of nitrogens with zero attached hydrogens (tertiary/aromatic N) is 3. The molecule has 3 rings (SSSR count). The normalized spacial score (nSPS) is 13.0. The number of benzene rings is 1. The molecule has 0 aliphatic carbocycles. The quantitative estimate of drug-likeness (QED) is 0.721. The van der Waals surface area contributed by atoms with Gasteiger partial charge in [-0.25, -0.2) is 0 Å².